The Balaban J connectivity index is 2.90. The van der Waals surface area contributed by atoms with Crippen molar-refractivity contribution in [2.45, 2.75) is 40.2 Å². The average Bonchev–Trinajstić information content (AvgIpc) is 2.26. The normalized spacial score (nSPS) is 13.2. The minimum atomic E-state index is 0.0169. The van der Waals surface area contributed by atoms with E-state index in [1.807, 2.05) is 6.92 Å². The Morgan fingerprint density at radius 2 is 2.06 bits per heavy atom. The largest absolute Gasteiger partial charge is 0.481 e. The molecule has 2 N–H and O–H groups in total. The lowest BCUT2D eigenvalue weighted by Crippen LogP contribution is -2.35. The lowest BCUT2D eigenvalue weighted by atomic mass is 9.85. The van der Waals surface area contributed by atoms with Gasteiger partial charge in [0.15, 0.2) is 0 Å². The smallest absolute Gasteiger partial charge is 0.226 e. The number of anilines is 1. The number of aromatic nitrogens is 2. The maximum Gasteiger partial charge on any atom is 0.226 e. The SMILES string of the molecule is COc1cc(C)nc(NC(CCO)C(C)(C)C)n1. The van der Waals surface area contributed by atoms with Crippen molar-refractivity contribution in [2.24, 2.45) is 5.41 Å². The van der Waals surface area contributed by atoms with Gasteiger partial charge in [-0.1, -0.05) is 20.8 Å². The van der Waals surface area contributed by atoms with Crippen LogP contribution in [0.5, 0.6) is 5.88 Å². The molecule has 0 radical (unpaired) electrons. The molecule has 0 aliphatic carbocycles. The topological polar surface area (TPSA) is 67.3 Å². The van der Waals surface area contributed by atoms with Crippen molar-refractivity contribution in [3.05, 3.63) is 11.8 Å². The van der Waals surface area contributed by atoms with E-state index in [4.69, 9.17) is 9.84 Å². The van der Waals surface area contributed by atoms with Crippen molar-refractivity contribution in [3.63, 3.8) is 0 Å². The van der Waals surface area contributed by atoms with Gasteiger partial charge in [0.2, 0.25) is 11.8 Å². The molecule has 1 atom stereocenters. The quantitative estimate of drug-likeness (QED) is 0.840. The van der Waals surface area contributed by atoms with E-state index in [9.17, 15) is 0 Å². The Bertz CT molecular complexity index is 388. The van der Waals surface area contributed by atoms with Gasteiger partial charge in [0.05, 0.1) is 7.11 Å². The lowest BCUT2D eigenvalue weighted by molar-refractivity contribution is 0.234. The summed E-state index contributed by atoms with van der Waals surface area (Å²) < 4.78 is 5.12. The number of nitrogens with one attached hydrogen (secondary N) is 1. The molecule has 1 aromatic heterocycles. The van der Waals surface area contributed by atoms with Crippen LogP contribution in [-0.4, -0.2) is 34.8 Å². The number of hydrogen-bond acceptors (Lipinski definition) is 5. The number of aliphatic hydroxyl groups is 1. The molecule has 0 bridgehead atoms. The van der Waals surface area contributed by atoms with E-state index in [-0.39, 0.29) is 18.1 Å². The van der Waals surface area contributed by atoms with Crippen molar-refractivity contribution in [1.82, 2.24) is 9.97 Å². The van der Waals surface area contributed by atoms with Gasteiger partial charge in [-0.25, -0.2) is 4.98 Å². The van der Waals surface area contributed by atoms with E-state index in [0.717, 1.165) is 5.69 Å². The Hall–Kier alpha value is -1.36. The highest BCUT2D eigenvalue weighted by Crippen LogP contribution is 2.25. The molecule has 102 valence electrons. The minimum Gasteiger partial charge on any atom is -0.481 e. The molecule has 0 aromatic carbocycles. The van der Waals surface area contributed by atoms with Crippen LogP contribution in [0.2, 0.25) is 0 Å². The molecular weight excluding hydrogens is 230 g/mol. The van der Waals surface area contributed by atoms with Gasteiger partial charge in [-0.15, -0.1) is 0 Å². The minimum absolute atomic E-state index is 0.0169. The van der Waals surface area contributed by atoms with Gasteiger partial charge in [0.1, 0.15) is 0 Å². The molecular formula is C13H23N3O2. The van der Waals surface area contributed by atoms with E-state index in [1.54, 1.807) is 13.2 Å². The maximum atomic E-state index is 9.13. The number of methoxy groups -OCH3 is 1. The Morgan fingerprint density at radius 1 is 1.39 bits per heavy atom. The van der Waals surface area contributed by atoms with E-state index < -0.39 is 0 Å². The first-order valence-electron chi connectivity index (χ1n) is 6.14. The molecule has 1 heterocycles. The first-order valence-corrected chi connectivity index (χ1v) is 6.14. The van der Waals surface area contributed by atoms with Crippen LogP contribution in [0, 0.1) is 12.3 Å². The van der Waals surface area contributed by atoms with Gasteiger partial charge in [-0.05, 0) is 18.8 Å². The molecule has 0 aliphatic heterocycles. The van der Waals surface area contributed by atoms with Crippen LogP contribution in [0.25, 0.3) is 0 Å². The zero-order valence-electron chi connectivity index (χ0n) is 11.8. The van der Waals surface area contributed by atoms with Crippen LogP contribution >= 0.6 is 0 Å². The molecule has 1 aromatic rings. The van der Waals surface area contributed by atoms with Crippen molar-refractivity contribution in [2.75, 3.05) is 19.0 Å². The summed E-state index contributed by atoms with van der Waals surface area (Å²) in [4.78, 5) is 8.60. The molecule has 0 spiro atoms. The highest BCUT2D eigenvalue weighted by molar-refractivity contribution is 5.32. The highest BCUT2D eigenvalue weighted by atomic mass is 16.5. The van der Waals surface area contributed by atoms with E-state index in [1.165, 1.54) is 0 Å². The number of aliphatic hydroxyl groups excluding tert-OH is 1. The number of hydrogen-bond donors (Lipinski definition) is 2. The highest BCUT2D eigenvalue weighted by Gasteiger charge is 2.24. The zero-order valence-corrected chi connectivity index (χ0v) is 11.8. The second kappa shape index (κ2) is 6.00. The number of ether oxygens (including phenoxy) is 1. The fourth-order valence-electron chi connectivity index (χ4n) is 1.72. The summed E-state index contributed by atoms with van der Waals surface area (Å²) in [5.74, 6) is 1.09. The van der Waals surface area contributed by atoms with Crippen LogP contribution < -0.4 is 10.1 Å². The van der Waals surface area contributed by atoms with Gasteiger partial charge in [0, 0.05) is 24.4 Å². The molecule has 0 saturated heterocycles. The van der Waals surface area contributed by atoms with Gasteiger partial charge in [-0.2, -0.15) is 4.98 Å². The fourth-order valence-corrected chi connectivity index (χ4v) is 1.72. The summed E-state index contributed by atoms with van der Waals surface area (Å²) in [6.45, 7) is 8.39. The third-order valence-corrected chi connectivity index (χ3v) is 2.81. The second-order valence-electron chi connectivity index (χ2n) is 5.45. The summed E-state index contributed by atoms with van der Waals surface area (Å²) in [7, 11) is 1.58. The number of rotatable bonds is 5. The number of nitrogens with zero attached hydrogens (tertiary/aromatic N) is 2. The van der Waals surface area contributed by atoms with Crippen LogP contribution in [0.4, 0.5) is 5.95 Å². The summed E-state index contributed by atoms with van der Waals surface area (Å²) in [5, 5.41) is 12.4. The monoisotopic (exact) mass is 253 g/mol. The zero-order chi connectivity index (χ0) is 13.8. The fraction of sp³-hybridized carbons (Fsp3) is 0.692. The molecule has 0 aliphatic rings. The predicted octanol–water partition coefficient (Wildman–Crippen LogP) is 2.00. The molecule has 0 amide bonds. The molecule has 0 fully saturated rings. The Labute approximate surface area is 109 Å². The Kier molecular flexibility index (Phi) is 4.90. The number of aryl methyl sites for hydroxylation is 1. The Morgan fingerprint density at radius 3 is 2.56 bits per heavy atom. The van der Waals surface area contributed by atoms with Crippen LogP contribution in [0.3, 0.4) is 0 Å². The van der Waals surface area contributed by atoms with Gasteiger partial charge in [-0.3, -0.25) is 0 Å². The third kappa shape index (κ3) is 4.14. The maximum absolute atomic E-state index is 9.13. The predicted molar refractivity (Wildman–Crippen MR) is 71.9 cm³/mol. The van der Waals surface area contributed by atoms with E-state index in [0.29, 0.717) is 18.2 Å². The van der Waals surface area contributed by atoms with Crippen LogP contribution in [-0.2, 0) is 0 Å². The summed E-state index contributed by atoms with van der Waals surface area (Å²) in [6, 6.07) is 1.89. The molecule has 5 heteroatoms. The van der Waals surface area contributed by atoms with E-state index >= 15 is 0 Å². The molecule has 1 rings (SSSR count). The van der Waals surface area contributed by atoms with Crippen molar-refractivity contribution < 1.29 is 9.84 Å². The summed E-state index contributed by atoms with van der Waals surface area (Å²) in [6.07, 6.45) is 0.656. The standard InChI is InChI=1S/C13H23N3O2/c1-9-8-11(18-5)16-12(14-9)15-10(6-7-17)13(2,3)4/h8,10,17H,6-7H2,1-5H3,(H,14,15,16). The first-order chi connectivity index (χ1) is 8.36. The van der Waals surface area contributed by atoms with Crippen molar-refractivity contribution in [3.8, 4) is 5.88 Å². The summed E-state index contributed by atoms with van der Waals surface area (Å²) in [5.41, 5.74) is 0.865. The summed E-state index contributed by atoms with van der Waals surface area (Å²) >= 11 is 0. The van der Waals surface area contributed by atoms with Crippen molar-refractivity contribution >= 4 is 5.95 Å². The average molecular weight is 253 g/mol. The second-order valence-corrected chi connectivity index (χ2v) is 5.45. The first kappa shape index (κ1) is 14.7. The molecule has 1 unspecified atom stereocenters. The van der Waals surface area contributed by atoms with Gasteiger partial charge < -0.3 is 15.2 Å². The third-order valence-electron chi connectivity index (χ3n) is 2.81. The van der Waals surface area contributed by atoms with Gasteiger partial charge >= 0.3 is 0 Å². The van der Waals surface area contributed by atoms with Crippen LogP contribution in [0.15, 0.2) is 6.07 Å². The van der Waals surface area contributed by atoms with Crippen LogP contribution in [0.1, 0.15) is 32.9 Å². The molecule has 18 heavy (non-hydrogen) atoms. The van der Waals surface area contributed by atoms with Crippen molar-refractivity contribution in [1.29, 1.82) is 0 Å². The lowest BCUT2D eigenvalue weighted by Gasteiger charge is -2.31. The molecule has 0 saturated carbocycles. The van der Waals surface area contributed by atoms with Gasteiger partial charge in [0.25, 0.3) is 0 Å². The van der Waals surface area contributed by atoms with E-state index in [2.05, 4.69) is 36.1 Å². The molecule has 5 nitrogen and oxygen atoms in total.